The second-order valence-electron chi connectivity index (χ2n) is 36.4. The van der Waals surface area contributed by atoms with Gasteiger partial charge in [-0.1, -0.05) is 388 Å². The second-order valence-corrected chi connectivity index (χ2v) is 36.4. The molecule has 10 nitrogen and oxygen atoms in total. The summed E-state index contributed by atoms with van der Waals surface area (Å²) in [6.45, 7) is 0. The Balaban J connectivity index is 0.000000104. The Morgan fingerprint density at radius 2 is 0.340 bits per heavy atom. The molecular formula is C131H80N10. The Morgan fingerprint density at radius 1 is 0.121 bits per heavy atom. The van der Waals surface area contributed by atoms with Gasteiger partial charge in [0, 0.05) is 99.5 Å². The Morgan fingerprint density at radius 3 is 0.660 bits per heavy atom. The Kier molecular flexibility index (Phi) is 18.8. The van der Waals surface area contributed by atoms with Crippen molar-refractivity contribution in [3.8, 4) is 186 Å². The molecule has 0 aliphatic heterocycles. The lowest BCUT2D eigenvalue weighted by molar-refractivity contribution is 1.07. The monoisotopic (exact) mass is 1790 g/mol. The highest BCUT2D eigenvalue weighted by molar-refractivity contribution is 6.34. The minimum absolute atomic E-state index is 0.649. The van der Waals surface area contributed by atoms with Gasteiger partial charge in [0.05, 0.1) is 55.9 Å². The fourth-order valence-electron chi connectivity index (χ4n) is 22.2. The fourth-order valence-corrected chi connectivity index (χ4v) is 22.2. The van der Waals surface area contributed by atoms with Crippen molar-refractivity contribution in [1.29, 1.82) is 0 Å². The molecule has 0 fully saturated rings. The number of benzene rings is 21. The average molecular weight is 1790 g/mol. The summed E-state index contributed by atoms with van der Waals surface area (Å²) in [6.07, 6.45) is 0. The van der Waals surface area contributed by atoms with Gasteiger partial charge in [0.2, 0.25) is 0 Å². The van der Waals surface area contributed by atoms with Crippen molar-refractivity contribution in [3.05, 3.63) is 485 Å². The molecule has 0 saturated carbocycles. The summed E-state index contributed by atoms with van der Waals surface area (Å²) in [7, 11) is 0. The van der Waals surface area contributed by atoms with E-state index >= 15 is 0 Å². The molecule has 0 amide bonds. The zero-order chi connectivity index (χ0) is 92.7. The van der Waals surface area contributed by atoms with Gasteiger partial charge in [-0.15, -0.1) is 0 Å². The van der Waals surface area contributed by atoms with E-state index in [2.05, 4.69) is 390 Å². The number of rotatable bonds is 12. The molecule has 654 valence electrons. The van der Waals surface area contributed by atoms with Crippen LogP contribution in [0.15, 0.2) is 485 Å². The first-order valence-corrected chi connectivity index (χ1v) is 47.9. The Bertz CT molecular complexity index is 9210. The quantitative estimate of drug-likeness (QED) is 0.120. The predicted octanol–water partition coefficient (Wildman–Crippen LogP) is 33.5. The van der Waals surface area contributed by atoms with Crippen LogP contribution in [0.2, 0.25) is 0 Å². The molecule has 3 aliphatic carbocycles. The first-order chi connectivity index (χ1) is 69.9. The van der Waals surface area contributed by atoms with Crippen LogP contribution in [0.1, 0.15) is 0 Å². The summed E-state index contributed by atoms with van der Waals surface area (Å²) in [5.41, 5.74) is 38.6. The average Bonchev–Trinajstić information content (AvgIpc) is 1.55. The van der Waals surface area contributed by atoms with Gasteiger partial charge in [-0.05, 0) is 196 Å². The maximum Gasteiger partial charge on any atom is 0.164 e. The Hall–Kier alpha value is -19.0. The van der Waals surface area contributed by atoms with Gasteiger partial charge in [-0.25, -0.2) is 34.9 Å². The molecule has 21 aromatic carbocycles. The standard InChI is InChI=1S/2C44H27N3.C43H26N4/c1-3-12-28(13-4-1)37-27-38(46-44(45-37)30-14-5-2-6-15-30)31-17-9-18-32(26-31)47-39-23-11-22-36-34-20-8-7-19-33(34)35-21-10-16-29-24-25-40(47)43(41(29)35)42(36)39;1-3-11-28(12-4-1)37-27-38(46-44(45-37)31-13-5-2-6-14-31)29-21-24-32(25-22-29)47-39-20-10-19-36-34-17-8-7-16-33(34)35-18-9-15-30-23-26-40(47)43(41(30)35)42(36)39;1-3-11-28(12-4-1)41-44-42(29-13-5-2-6-14-29)46-43(45-41)30-21-24-31(25-22-30)47-36-20-10-19-35-33-17-8-7-16-32(33)34-18-9-15-27-23-26-37(47)40(38(27)34)39(35)36/h2*1-27H;1-26H. The van der Waals surface area contributed by atoms with Crippen molar-refractivity contribution in [2.75, 3.05) is 0 Å². The van der Waals surface area contributed by atoms with Crippen molar-refractivity contribution in [2.24, 2.45) is 0 Å². The van der Waals surface area contributed by atoms with E-state index in [9.17, 15) is 0 Å². The maximum atomic E-state index is 5.13. The van der Waals surface area contributed by atoms with Gasteiger partial charge in [-0.3, -0.25) is 0 Å². The molecule has 30 rings (SSSR count). The molecule has 3 aliphatic rings. The minimum Gasteiger partial charge on any atom is -0.309 e. The topological polar surface area (TPSA) is 105 Å². The third-order valence-corrected chi connectivity index (χ3v) is 28.5. The molecule has 10 heteroatoms. The van der Waals surface area contributed by atoms with E-state index in [1.165, 1.54) is 164 Å². The van der Waals surface area contributed by atoms with Crippen LogP contribution in [0, 0.1) is 0 Å². The summed E-state index contributed by atoms with van der Waals surface area (Å²) in [6, 6.07) is 172. The van der Waals surface area contributed by atoms with E-state index in [1.807, 2.05) is 109 Å². The van der Waals surface area contributed by atoms with Crippen molar-refractivity contribution >= 4 is 97.7 Å². The van der Waals surface area contributed by atoms with Crippen LogP contribution >= 0.6 is 0 Å². The maximum absolute atomic E-state index is 5.13. The number of aromatic nitrogens is 10. The molecule has 6 heterocycles. The molecule has 0 saturated heterocycles. The van der Waals surface area contributed by atoms with Crippen molar-refractivity contribution in [2.45, 2.75) is 0 Å². The van der Waals surface area contributed by atoms with Crippen LogP contribution < -0.4 is 0 Å². The normalized spacial score (nSPS) is 11.8. The van der Waals surface area contributed by atoms with Gasteiger partial charge < -0.3 is 13.7 Å². The molecule has 27 aromatic rings. The molecule has 141 heavy (non-hydrogen) atoms. The van der Waals surface area contributed by atoms with E-state index in [1.54, 1.807) is 0 Å². The third kappa shape index (κ3) is 13.3. The fraction of sp³-hybridized carbons (Fsp3) is 0. The van der Waals surface area contributed by atoms with E-state index in [0.29, 0.717) is 23.3 Å². The largest absolute Gasteiger partial charge is 0.309 e. The number of fused-ring (bicyclic) bond motifs is 9. The predicted molar refractivity (Wildman–Crippen MR) is 582 cm³/mol. The van der Waals surface area contributed by atoms with Crippen LogP contribution in [0.4, 0.5) is 0 Å². The van der Waals surface area contributed by atoms with Crippen molar-refractivity contribution in [3.63, 3.8) is 0 Å². The Labute approximate surface area is 811 Å². The zero-order valence-corrected chi connectivity index (χ0v) is 76.2. The SMILES string of the molecule is c1ccc(-c2cc(-c3ccc(-n4c5cccc6c5c5c7c(cccc7ccc54)-c4ccccc4-6)cc3)nc(-c3ccccc3)n2)cc1.c1ccc(-c2cc(-c3cccc(-n4c5cccc6c5c5c7c(cccc7ccc54)-c4ccccc4-6)c3)nc(-c3ccccc3)n2)cc1.c1ccc(-c2nc(-c3ccccc3)nc(-c3ccc(-n4c5cccc6c5c5c7c(cccc7ccc54)-c4ccccc4-6)cc3)n2)cc1. The van der Waals surface area contributed by atoms with Gasteiger partial charge >= 0.3 is 0 Å². The lowest BCUT2D eigenvalue weighted by atomic mass is 9.93. The third-order valence-electron chi connectivity index (χ3n) is 28.5. The van der Waals surface area contributed by atoms with Gasteiger partial charge in [0.1, 0.15) is 0 Å². The summed E-state index contributed by atoms with van der Waals surface area (Å²) in [5.74, 6) is 3.40. The van der Waals surface area contributed by atoms with E-state index in [0.717, 1.165) is 95.7 Å². The smallest absolute Gasteiger partial charge is 0.164 e. The van der Waals surface area contributed by atoms with Gasteiger partial charge in [0.15, 0.2) is 29.1 Å². The van der Waals surface area contributed by atoms with Crippen molar-refractivity contribution < 1.29 is 0 Å². The molecule has 0 unspecified atom stereocenters. The lowest BCUT2D eigenvalue weighted by Crippen LogP contribution is -2.00. The number of hydrogen-bond donors (Lipinski definition) is 0. The summed E-state index contributed by atoms with van der Waals surface area (Å²) in [4.78, 5) is 34.9. The van der Waals surface area contributed by atoms with E-state index < -0.39 is 0 Å². The van der Waals surface area contributed by atoms with Gasteiger partial charge in [-0.2, -0.15) is 0 Å². The number of hydrogen-bond acceptors (Lipinski definition) is 7. The molecule has 0 radical (unpaired) electrons. The highest BCUT2D eigenvalue weighted by atomic mass is 15.0. The van der Waals surface area contributed by atoms with Gasteiger partial charge in [0.25, 0.3) is 0 Å². The molecule has 0 N–H and O–H groups in total. The number of nitrogens with zero attached hydrogens (tertiary/aromatic N) is 10. The lowest BCUT2D eigenvalue weighted by Gasteiger charge is -2.14. The highest BCUT2D eigenvalue weighted by Gasteiger charge is 2.31. The van der Waals surface area contributed by atoms with Crippen LogP contribution in [-0.2, 0) is 0 Å². The minimum atomic E-state index is 0.649. The van der Waals surface area contributed by atoms with Crippen molar-refractivity contribution in [1.82, 2.24) is 48.6 Å². The highest BCUT2D eigenvalue weighted by Crippen LogP contribution is 2.55. The molecule has 6 aromatic heterocycles. The van der Waals surface area contributed by atoms with Crippen LogP contribution in [0.3, 0.4) is 0 Å². The summed E-state index contributed by atoms with van der Waals surface area (Å²) >= 11 is 0. The summed E-state index contributed by atoms with van der Waals surface area (Å²) in [5, 5.41) is 15.6. The zero-order valence-electron chi connectivity index (χ0n) is 76.2. The van der Waals surface area contributed by atoms with E-state index in [-0.39, 0.29) is 0 Å². The first-order valence-electron chi connectivity index (χ1n) is 47.9. The van der Waals surface area contributed by atoms with Crippen LogP contribution in [0.25, 0.3) is 284 Å². The molecule has 0 bridgehead atoms. The van der Waals surface area contributed by atoms with Crippen LogP contribution in [0.5, 0.6) is 0 Å². The molecule has 0 spiro atoms. The first kappa shape index (κ1) is 80.4. The van der Waals surface area contributed by atoms with E-state index in [4.69, 9.17) is 34.9 Å². The molecular weight excluding hydrogens is 1710 g/mol. The molecule has 0 atom stereocenters. The second kappa shape index (κ2) is 32.9. The van der Waals surface area contributed by atoms with Crippen LogP contribution in [-0.4, -0.2) is 48.6 Å². The summed E-state index contributed by atoms with van der Waals surface area (Å²) < 4.78 is 7.26.